The second-order valence-electron chi connectivity index (χ2n) is 9.09. The molecule has 4 nitrogen and oxygen atoms in total. The SMILES string of the molecule is CCOC(=O)C1=C(c2ccccc2)SC(=C2C(=S)C(C)(C)N(C(=O)C(F)(F)F)c3cc(C)c(C)cc32)S1. The zero-order valence-electron chi connectivity index (χ0n) is 20.8. The maximum atomic E-state index is 13.7. The van der Waals surface area contributed by atoms with Crippen LogP contribution in [-0.2, 0) is 14.3 Å². The van der Waals surface area contributed by atoms with E-state index in [1.165, 1.54) is 37.4 Å². The molecule has 194 valence electrons. The molecule has 1 amide bonds. The molecule has 2 aliphatic heterocycles. The lowest BCUT2D eigenvalue weighted by molar-refractivity contribution is -0.171. The number of hydrogen-bond acceptors (Lipinski definition) is 6. The topological polar surface area (TPSA) is 46.6 Å². The standard InChI is InChI=1S/C27H24F3NO3S3/c1-6-34-23(32)21-20(16-10-8-7-9-11-16)36-24(37-21)19-17-12-14(2)15(3)13-18(17)31(25(33)27(28,29)30)26(4,5)22(19)35/h7-13H,6H2,1-5H3. The number of esters is 1. The number of alkyl halides is 3. The quantitative estimate of drug-likeness (QED) is 0.220. The van der Waals surface area contributed by atoms with E-state index in [-0.39, 0.29) is 17.2 Å². The summed E-state index contributed by atoms with van der Waals surface area (Å²) in [5.74, 6) is -2.46. The molecule has 37 heavy (non-hydrogen) atoms. The van der Waals surface area contributed by atoms with Gasteiger partial charge in [0, 0.05) is 16.0 Å². The Bertz CT molecular complexity index is 1380. The highest BCUT2D eigenvalue weighted by Gasteiger charge is 2.53. The molecule has 2 aromatic rings. The fraction of sp³-hybridized carbons (Fsp3) is 0.296. The van der Waals surface area contributed by atoms with E-state index in [0.717, 1.165) is 21.6 Å². The zero-order chi connectivity index (χ0) is 27.3. The smallest absolute Gasteiger partial charge is 0.462 e. The second-order valence-corrected chi connectivity index (χ2v) is 11.8. The first kappa shape index (κ1) is 27.5. The first-order valence-corrected chi connectivity index (χ1v) is 13.5. The average Bonchev–Trinajstić information content (AvgIpc) is 3.26. The molecule has 0 saturated heterocycles. The van der Waals surface area contributed by atoms with E-state index < -0.39 is 23.6 Å². The Balaban J connectivity index is 1.96. The summed E-state index contributed by atoms with van der Waals surface area (Å²) in [6.45, 7) is 8.58. The number of aryl methyl sites for hydroxylation is 2. The van der Waals surface area contributed by atoms with Crippen LogP contribution < -0.4 is 4.90 Å². The Morgan fingerprint density at radius 3 is 2.27 bits per heavy atom. The number of rotatable bonds is 3. The molecular formula is C27H24F3NO3S3. The Kier molecular flexibility index (Phi) is 7.40. The van der Waals surface area contributed by atoms with Crippen molar-refractivity contribution in [1.29, 1.82) is 0 Å². The number of hydrogen-bond donors (Lipinski definition) is 0. The van der Waals surface area contributed by atoms with Crippen LogP contribution in [0, 0.1) is 13.8 Å². The maximum Gasteiger partial charge on any atom is 0.471 e. The number of carbonyl (C=O) groups excluding carboxylic acids is 2. The monoisotopic (exact) mass is 563 g/mol. The summed E-state index contributed by atoms with van der Waals surface area (Å²) in [4.78, 5) is 27.6. The number of benzene rings is 2. The number of thiocarbonyl (C=S) groups is 1. The normalized spacial score (nSPS) is 19.2. The van der Waals surface area contributed by atoms with Gasteiger partial charge in [0.2, 0.25) is 0 Å². The van der Waals surface area contributed by atoms with Gasteiger partial charge in [-0.05, 0) is 63.4 Å². The van der Waals surface area contributed by atoms with Gasteiger partial charge in [-0.3, -0.25) is 9.69 Å². The lowest BCUT2D eigenvalue weighted by atomic mass is 9.82. The van der Waals surface area contributed by atoms with Crippen molar-refractivity contribution in [2.45, 2.75) is 46.3 Å². The third-order valence-electron chi connectivity index (χ3n) is 6.21. The van der Waals surface area contributed by atoms with Crippen molar-refractivity contribution in [2.24, 2.45) is 0 Å². The average molecular weight is 564 g/mol. The second kappa shape index (κ2) is 9.96. The van der Waals surface area contributed by atoms with E-state index in [1.807, 2.05) is 37.3 Å². The number of thioether (sulfide) groups is 2. The number of nitrogens with zero attached hydrogens (tertiary/aromatic N) is 1. The summed E-state index contributed by atoms with van der Waals surface area (Å²) in [6.07, 6.45) is -5.08. The molecule has 0 spiro atoms. The highest BCUT2D eigenvalue weighted by Crippen LogP contribution is 2.59. The Morgan fingerprint density at radius 2 is 1.68 bits per heavy atom. The van der Waals surface area contributed by atoms with Gasteiger partial charge in [-0.1, -0.05) is 66.1 Å². The summed E-state index contributed by atoms with van der Waals surface area (Å²) < 4.78 is 47.1. The lowest BCUT2D eigenvalue weighted by Crippen LogP contribution is -2.59. The van der Waals surface area contributed by atoms with E-state index in [2.05, 4.69) is 0 Å². The maximum absolute atomic E-state index is 13.7. The number of halogens is 3. The van der Waals surface area contributed by atoms with E-state index in [4.69, 9.17) is 17.0 Å². The number of amides is 1. The number of anilines is 1. The highest BCUT2D eigenvalue weighted by atomic mass is 32.2. The minimum Gasteiger partial charge on any atom is -0.462 e. The molecule has 4 rings (SSSR count). The largest absolute Gasteiger partial charge is 0.471 e. The molecular weight excluding hydrogens is 539 g/mol. The minimum atomic E-state index is -5.08. The van der Waals surface area contributed by atoms with Crippen LogP contribution in [0.1, 0.15) is 43.0 Å². The van der Waals surface area contributed by atoms with Gasteiger partial charge in [-0.25, -0.2) is 4.79 Å². The molecule has 0 unspecified atom stereocenters. The number of ether oxygens (including phenoxy) is 1. The summed E-state index contributed by atoms with van der Waals surface area (Å²) >= 11 is 8.33. The van der Waals surface area contributed by atoms with Crippen LogP contribution in [0.4, 0.5) is 18.9 Å². The molecule has 10 heteroatoms. The first-order chi connectivity index (χ1) is 17.3. The van der Waals surface area contributed by atoms with Gasteiger partial charge in [-0.2, -0.15) is 13.2 Å². The Labute approximate surface area is 227 Å². The van der Waals surface area contributed by atoms with Crippen LogP contribution in [-0.4, -0.2) is 35.1 Å². The number of fused-ring (bicyclic) bond motifs is 1. The highest BCUT2D eigenvalue weighted by molar-refractivity contribution is 8.32. The number of carbonyl (C=O) groups is 2. The van der Waals surface area contributed by atoms with Crippen molar-refractivity contribution in [2.75, 3.05) is 11.5 Å². The molecule has 0 aliphatic carbocycles. The third-order valence-corrected chi connectivity index (χ3v) is 9.54. The van der Waals surface area contributed by atoms with Gasteiger partial charge in [0.05, 0.1) is 26.9 Å². The van der Waals surface area contributed by atoms with Crippen molar-refractivity contribution < 1.29 is 27.5 Å². The molecule has 0 bridgehead atoms. The summed E-state index contributed by atoms with van der Waals surface area (Å²) in [6, 6.07) is 12.7. The molecule has 0 saturated carbocycles. The minimum absolute atomic E-state index is 0.138. The first-order valence-electron chi connectivity index (χ1n) is 11.4. The van der Waals surface area contributed by atoms with Gasteiger partial charge < -0.3 is 4.74 Å². The van der Waals surface area contributed by atoms with Gasteiger partial charge >= 0.3 is 18.1 Å². The fourth-order valence-corrected chi connectivity index (χ4v) is 7.35. The Morgan fingerprint density at radius 1 is 1.05 bits per heavy atom. The predicted molar refractivity (Wildman–Crippen MR) is 148 cm³/mol. The third kappa shape index (κ3) is 4.86. The lowest BCUT2D eigenvalue weighted by Gasteiger charge is -2.45. The van der Waals surface area contributed by atoms with Crippen LogP contribution in [0.15, 0.2) is 51.6 Å². The van der Waals surface area contributed by atoms with Crippen LogP contribution in [0.2, 0.25) is 0 Å². The van der Waals surface area contributed by atoms with Gasteiger partial charge in [0.1, 0.15) is 4.91 Å². The van der Waals surface area contributed by atoms with E-state index in [9.17, 15) is 22.8 Å². The Hall–Kier alpha value is -2.56. The van der Waals surface area contributed by atoms with Crippen molar-refractivity contribution in [3.05, 3.63) is 73.9 Å². The van der Waals surface area contributed by atoms with Gasteiger partial charge in [0.15, 0.2) is 0 Å². The van der Waals surface area contributed by atoms with Crippen LogP contribution >= 0.6 is 35.7 Å². The van der Waals surface area contributed by atoms with E-state index >= 15 is 0 Å². The summed E-state index contributed by atoms with van der Waals surface area (Å²) in [5.41, 5.74) is 2.05. The van der Waals surface area contributed by atoms with Crippen molar-refractivity contribution in [3.63, 3.8) is 0 Å². The molecule has 0 radical (unpaired) electrons. The van der Waals surface area contributed by atoms with E-state index in [1.54, 1.807) is 26.0 Å². The summed E-state index contributed by atoms with van der Waals surface area (Å²) in [7, 11) is 0. The van der Waals surface area contributed by atoms with Gasteiger partial charge in [-0.15, -0.1) is 0 Å². The molecule has 0 N–H and O–H groups in total. The predicted octanol–water partition coefficient (Wildman–Crippen LogP) is 7.44. The van der Waals surface area contributed by atoms with Crippen LogP contribution in [0.25, 0.3) is 10.5 Å². The molecule has 0 fully saturated rings. The van der Waals surface area contributed by atoms with Crippen molar-refractivity contribution >= 4 is 68.6 Å². The van der Waals surface area contributed by atoms with Crippen LogP contribution in [0.5, 0.6) is 0 Å². The molecule has 0 atom stereocenters. The molecule has 2 heterocycles. The summed E-state index contributed by atoms with van der Waals surface area (Å²) in [5, 5.41) is 0. The fourth-order valence-electron chi connectivity index (χ4n) is 4.22. The molecule has 2 aliphatic rings. The van der Waals surface area contributed by atoms with E-state index in [0.29, 0.717) is 25.2 Å². The zero-order valence-corrected chi connectivity index (χ0v) is 23.2. The van der Waals surface area contributed by atoms with Crippen molar-refractivity contribution in [1.82, 2.24) is 0 Å². The molecule has 2 aromatic carbocycles. The molecule has 0 aromatic heterocycles. The van der Waals surface area contributed by atoms with Gasteiger partial charge in [0.25, 0.3) is 0 Å². The van der Waals surface area contributed by atoms with Crippen molar-refractivity contribution in [3.8, 4) is 0 Å². The van der Waals surface area contributed by atoms with Crippen LogP contribution in [0.3, 0.4) is 0 Å².